The molecule has 2 N–H and O–H groups in total. The Bertz CT molecular complexity index is 839. The Morgan fingerprint density at radius 3 is 2.41 bits per heavy atom. The predicted octanol–water partition coefficient (Wildman–Crippen LogP) is -0.0846. The van der Waals surface area contributed by atoms with Gasteiger partial charge in [-0.25, -0.2) is 8.78 Å². The molecule has 0 spiro atoms. The minimum Gasteiger partial charge on any atom is -0.496 e. The first-order valence-electron chi connectivity index (χ1n) is 9.92. The maximum atomic E-state index is 13.6. The van der Waals surface area contributed by atoms with Gasteiger partial charge in [0.25, 0.3) is 5.91 Å². The summed E-state index contributed by atoms with van der Waals surface area (Å²) in [6, 6.07) is 10.9. The van der Waals surface area contributed by atoms with Crippen LogP contribution in [-0.4, -0.2) is 57.7 Å². The van der Waals surface area contributed by atoms with Crippen LogP contribution in [0.25, 0.3) is 0 Å². The predicted molar refractivity (Wildman–Crippen MR) is 106 cm³/mol. The molecule has 29 heavy (non-hydrogen) atoms. The third-order valence-corrected chi connectivity index (χ3v) is 5.48. The summed E-state index contributed by atoms with van der Waals surface area (Å²) >= 11 is 0. The molecule has 1 aliphatic heterocycles. The standard InChI is InChI=1S/C22H27F2N3O2/c1-25(14-17-4-3-5-19(23)12-17)22(28)16-27-10-8-26(9-11-27)15-18-13-20(24)6-7-21(18)29-2/h3-7,12-13H,8-11,14-16H2,1-2H3/p+2. The van der Waals surface area contributed by atoms with Crippen LogP contribution in [0.1, 0.15) is 11.1 Å². The molecule has 0 atom stereocenters. The molecule has 0 aliphatic carbocycles. The summed E-state index contributed by atoms with van der Waals surface area (Å²) in [5.41, 5.74) is 1.66. The third-order valence-electron chi connectivity index (χ3n) is 5.48. The highest BCUT2D eigenvalue weighted by atomic mass is 19.1. The largest absolute Gasteiger partial charge is 0.496 e. The monoisotopic (exact) mass is 405 g/mol. The average molecular weight is 405 g/mol. The molecule has 0 radical (unpaired) electrons. The maximum absolute atomic E-state index is 13.6. The number of nitrogens with one attached hydrogen (secondary N) is 2. The zero-order chi connectivity index (χ0) is 20.8. The van der Waals surface area contributed by atoms with Gasteiger partial charge in [-0.15, -0.1) is 0 Å². The van der Waals surface area contributed by atoms with Crippen LogP contribution in [-0.2, 0) is 17.9 Å². The number of nitrogens with zero attached hydrogens (tertiary/aromatic N) is 1. The summed E-state index contributed by atoms with van der Waals surface area (Å²) in [6.45, 7) is 5.13. The van der Waals surface area contributed by atoms with E-state index < -0.39 is 0 Å². The fourth-order valence-electron chi connectivity index (χ4n) is 3.81. The number of hydrogen-bond donors (Lipinski definition) is 2. The molecule has 0 aromatic heterocycles. The van der Waals surface area contributed by atoms with Crippen LogP contribution in [0.3, 0.4) is 0 Å². The number of methoxy groups -OCH3 is 1. The Kier molecular flexibility index (Phi) is 7.17. The minimum atomic E-state index is -0.289. The summed E-state index contributed by atoms with van der Waals surface area (Å²) in [7, 11) is 3.35. The molecule has 5 nitrogen and oxygen atoms in total. The lowest BCUT2D eigenvalue weighted by Gasteiger charge is -2.30. The van der Waals surface area contributed by atoms with E-state index in [0.29, 0.717) is 25.4 Å². The van der Waals surface area contributed by atoms with Gasteiger partial charge in [-0.1, -0.05) is 12.1 Å². The highest BCUT2D eigenvalue weighted by Gasteiger charge is 2.26. The number of piperazine rings is 1. The maximum Gasteiger partial charge on any atom is 0.277 e. The van der Waals surface area contributed by atoms with Gasteiger partial charge < -0.3 is 19.4 Å². The van der Waals surface area contributed by atoms with E-state index in [9.17, 15) is 13.6 Å². The van der Waals surface area contributed by atoms with E-state index in [1.165, 1.54) is 34.1 Å². The van der Waals surface area contributed by atoms with Crippen LogP contribution < -0.4 is 14.5 Å². The Labute approximate surface area is 170 Å². The zero-order valence-corrected chi connectivity index (χ0v) is 17.0. The summed E-state index contributed by atoms with van der Waals surface area (Å²) in [5, 5.41) is 0. The zero-order valence-electron chi connectivity index (χ0n) is 17.0. The van der Waals surface area contributed by atoms with Gasteiger partial charge in [0.2, 0.25) is 0 Å². The second kappa shape index (κ2) is 9.80. The van der Waals surface area contributed by atoms with E-state index in [4.69, 9.17) is 4.74 Å². The number of quaternary nitrogens is 2. The van der Waals surface area contributed by atoms with Gasteiger partial charge in [0, 0.05) is 13.6 Å². The van der Waals surface area contributed by atoms with Crippen molar-refractivity contribution in [2.75, 3.05) is 46.9 Å². The number of halogens is 2. The Hall–Kier alpha value is -2.51. The molecule has 1 heterocycles. The van der Waals surface area contributed by atoms with Crippen molar-refractivity contribution in [3.05, 3.63) is 65.2 Å². The lowest BCUT2D eigenvalue weighted by molar-refractivity contribution is -1.02. The Morgan fingerprint density at radius 1 is 1.03 bits per heavy atom. The Morgan fingerprint density at radius 2 is 1.72 bits per heavy atom. The van der Waals surface area contributed by atoms with Gasteiger partial charge in [0.05, 0.1) is 12.7 Å². The molecule has 2 aromatic carbocycles. The lowest BCUT2D eigenvalue weighted by Crippen LogP contribution is -3.28. The number of ether oxygens (including phenoxy) is 1. The molecule has 7 heteroatoms. The summed E-state index contributed by atoms with van der Waals surface area (Å²) in [4.78, 5) is 16.8. The number of carbonyl (C=O) groups is 1. The molecule has 1 aliphatic rings. The molecule has 1 saturated heterocycles. The number of benzene rings is 2. The van der Waals surface area contributed by atoms with Crippen LogP contribution in [0.4, 0.5) is 8.78 Å². The molecule has 3 rings (SSSR count). The van der Waals surface area contributed by atoms with Gasteiger partial charge in [0.15, 0.2) is 6.54 Å². The summed E-state index contributed by atoms with van der Waals surface area (Å²) in [6.07, 6.45) is 0. The van der Waals surface area contributed by atoms with Crippen LogP contribution in [0.2, 0.25) is 0 Å². The quantitative estimate of drug-likeness (QED) is 0.676. The molecule has 156 valence electrons. The highest BCUT2D eigenvalue weighted by molar-refractivity contribution is 5.76. The van der Waals surface area contributed by atoms with E-state index in [-0.39, 0.29) is 17.5 Å². The van der Waals surface area contributed by atoms with Gasteiger partial charge in [-0.05, 0) is 35.9 Å². The van der Waals surface area contributed by atoms with Crippen LogP contribution >= 0.6 is 0 Å². The SMILES string of the molecule is COc1ccc(F)cc1C[NH+]1CC[NH+](CC(=O)N(C)Cc2cccc(F)c2)CC1. The van der Waals surface area contributed by atoms with Crippen LogP contribution in [0.5, 0.6) is 5.75 Å². The van der Waals surface area contributed by atoms with E-state index in [0.717, 1.165) is 37.3 Å². The first-order chi connectivity index (χ1) is 13.9. The normalized spacial score (nSPS) is 19.0. The summed E-state index contributed by atoms with van der Waals surface area (Å²) in [5.74, 6) is 0.224. The van der Waals surface area contributed by atoms with Crippen LogP contribution in [0.15, 0.2) is 42.5 Å². The number of rotatable bonds is 7. The minimum absolute atomic E-state index is 0.0551. The second-order valence-corrected chi connectivity index (χ2v) is 7.69. The molecular weight excluding hydrogens is 376 g/mol. The van der Waals surface area contributed by atoms with Crippen molar-refractivity contribution in [2.24, 2.45) is 0 Å². The van der Waals surface area contributed by atoms with Gasteiger partial charge >= 0.3 is 0 Å². The van der Waals surface area contributed by atoms with Crippen molar-refractivity contribution in [2.45, 2.75) is 13.1 Å². The number of hydrogen-bond acceptors (Lipinski definition) is 2. The summed E-state index contributed by atoms with van der Waals surface area (Å²) < 4.78 is 32.2. The van der Waals surface area contributed by atoms with Crippen molar-refractivity contribution in [1.29, 1.82) is 0 Å². The molecule has 2 aromatic rings. The molecule has 1 fully saturated rings. The molecule has 0 bridgehead atoms. The topological polar surface area (TPSA) is 38.4 Å². The van der Waals surface area contributed by atoms with Gasteiger partial charge in [0.1, 0.15) is 50.1 Å². The van der Waals surface area contributed by atoms with E-state index in [1.807, 2.05) is 6.07 Å². The fraction of sp³-hybridized carbons (Fsp3) is 0.409. The molecule has 0 saturated carbocycles. The number of carbonyl (C=O) groups excluding carboxylic acids is 1. The van der Waals surface area contributed by atoms with Crippen molar-refractivity contribution >= 4 is 5.91 Å². The van der Waals surface area contributed by atoms with E-state index in [2.05, 4.69) is 0 Å². The van der Waals surface area contributed by atoms with Crippen molar-refractivity contribution in [3.8, 4) is 5.75 Å². The first-order valence-corrected chi connectivity index (χ1v) is 9.92. The first kappa shape index (κ1) is 21.2. The fourth-order valence-corrected chi connectivity index (χ4v) is 3.81. The molecular formula is C22H29F2N3O2+2. The number of likely N-dealkylation sites (N-methyl/N-ethyl adjacent to an activating group) is 1. The third kappa shape index (κ3) is 5.98. The van der Waals surface area contributed by atoms with Gasteiger partial charge in [-0.2, -0.15) is 0 Å². The van der Waals surface area contributed by atoms with Crippen molar-refractivity contribution < 1.29 is 28.1 Å². The Balaban J connectivity index is 1.47. The average Bonchev–Trinajstić information content (AvgIpc) is 2.69. The van der Waals surface area contributed by atoms with Gasteiger partial charge in [-0.3, -0.25) is 4.79 Å². The second-order valence-electron chi connectivity index (χ2n) is 7.69. The van der Waals surface area contributed by atoms with Crippen LogP contribution in [0, 0.1) is 11.6 Å². The van der Waals surface area contributed by atoms with E-state index in [1.54, 1.807) is 31.2 Å². The molecule has 1 amide bonds. The number of amides is 1. The lowest BCUT2D eigenvalue weighted by atomic mass is 10.1. The molecule has 0 unspecified atom stereocenters. The van der Waals surface area contributed by atoms with Crippen molar-refractivity contribution in [1.82, 2.24) is 4.90 Å². The van der Waals surface area contributed by atoms with Crippen molar-refractivity contribution in [3.63, 3.8) is 0 Å². The smallest absolute Gasteiger partial charge is 0.277 e. The van der Waals surface area contributed by atoms with E-state index >= 15 is 0 Å². The highest BCUT2D eigenvalue weighted by Crippen LogP contribution is 2.18.